The average Bonchev–Trinajstić information content (AvgIpc) is 2.83. The van der Waals surface area contributed by atoms with Crippen LogP contribution in [0.3, 0.4) is 0 Å². The molecule has 1 saturated carbocycles. The highest BCUT2D eigenvalue weighted by Crippen LogP contribution is 2.26. The predicted octanol–water partition coefficient (Wildman–Crippen LogP) is 1.97. The minimum absolute atomic E-state index is 0.101. The zero-order valence-corrected chi connectivity index (χ0v) is 12.1. The first-order chi connectivity index (χ1) is 9.69. The highest BCUT2D eigenvalue weighted by Gasteiger charge is 2.25. The van der Waals surface area contributed by atoms with Gasteiger partial charge in [-0.15, -0.1) is 0 Å². The third-order valence-corrected chi connectivity index (χ3v) is 3.96. The largest absolute Gasteiger partial charge is 0.380 e. The fourth-order valence-corrected chi connectivity index (χ4v) is 2.83. The number of carbonyl (C=O) groups is 1. The maximum absolute atomic E-state index is 11.9. The molecule has 4 heteroatoms. The fraction of sp³-hybridized carbons (Fsp3) is 0.562. The molecule has 1 amide bonds. The van der Waals surface area contributed by atoms with Gasteiger partial charge in [-0.25, -0.2) is 0 Å². The molecule has 1 aliphatic rings. The summed E-state index contributed by atoms with van der Waals surface area (Å²) >= 11 is 0. The van der Waals surface area contributed by atoms with E-state index in [1.54, 1.807) is 7.11 Å². The van der Waals surface area contributed by atoms with Crippen LogP contribution in [0.1, 0.15) is 36.8 Å². The Morgan fingerprint density at radius 1 is 1.40 bits per heavy atom. The van der Waals surface area contributed by atoms with Crippen LogP contribution in [-0.2, 0) is 22.7 Å². The minimum Gasteiger partial charge on any atom is -0.380 e. The summed E-state index contributed by atoms with van der Waals surface area (Å²) in [6, 6.07) is 8.28. The van der Waals surface area contributed by atoms with E-state index in [0.717, 1.165) is 30.4 Å². The summed E-state index contributed by atoms with van der Waals surface area (Å²) in [4.78, 5) is 11.9. The number of rotatable bonds is 6. The Bertz CT molecular complexity index is 448. The molecule has 0 aliphatic heterocycles. The minimum atomic E-state index is 0.101. The molecule has 1 aromatic rings. The number of methoxy groups -OCH3 is 1. The van der Waals surface area contributed by atoms with Crippen LogP contribution in [-0.4, -0.2) is 19.1 Å². The molecule has 1 aliphatic carbocycles. The molecule has 3 N–H and O–H groups in total. The first kappa shape index (κ1) is 15.0. The van der Waals surface area contributed by atoms with Crippen molar-refractivity contribution in [2.24, 2.45) is 11.7 Å². The van der Waals surface area contributed by atoms with Gasteiger partial charge < -0.3 is 15.8 Å². The van der Waals surface area contributed by atoms with Crippen molar-refractivity contribution in [1.29, 1.82) is 0 Å². The predicted molar refractivity (Wildman–Crippen MR) is 78.9 cm³/mol. The summed E-state index contributed by atoms with van der Waals surface area (Å²) in [5.74, 6) is 0.458. The number of ether oxygens (including phenoxy) is 1. The number of benzene rings is 1. The monoisotopic (exact) mass is 276 g/mol. The molecule has 2 atom stereocenters. The second-order valence-corrected chi connectivity index (χ2v) is 5.59. The van der Waals surface area contributed by atoms with E-state index >= 15 is 0 Å². The van der Waals surface area contributed by atoms with Gasteiger partial charge >= 0.3 is 0 Å². The highest BCUT2D eigenvalue weighted by molar-refractivity contribution is 5.76. The van der Waals surface area contributed by atoms with E-state index in [4.69, 9.17) is 10.5 Å². The van der Waals surface area contributed by atoms with Crippen molar-refractivity contribution in [2.45, 2.75) is 44.9 Å². The molecule has 20 heavy (non-hydrogen) atoms. The van der Waals surface area contributed by atoms with Crippen LogP contribution in [0.5, 0.6) is 0 Å². The Morgan fingerprint density at radius 3 is 2.90 bits per heavy atom. The zero-order valence-electron chi connectivity index (χ0n) is 12.1. The van der Waals surface area contributed by atoms with Crippen LogP contribution >= 0.6 is 0 Å². The van der Waals surface area contributed by atoms with E-state index in [1.165, 1.54) is 0 Å². The quantitative estimate of drug-likeness (QED) is 0.835. The summed E-state index contributed by atoms with van der Waals surface area (Å²) in [5, 5.41) is 2.98. The van der Waals surface area contributed by atoms with Gasteiger partial charge in [-0.1, -0.05) is 30.7 Å². The van der Waals surface area contributed by atoms with Crippen LogP contribution in [0, 0.1) is 5.92 Å². The van der Waals surface area contributed by atoms with Gasteiger partial charge in [-0.05, 0) is 29.9 Å². The summed E-state index contributed by atoms with van der Waals surface area (Å²) < 4.78 is 5.11. The lowest BCUT2D eigenvalue weighted by molar-refractivity contribution is -0.122. The van der Waals surface area contributed by atoms with Gasteiger partial charge in [0.05, 0.1) is 6.61 Å². The molecule has 1 fully saturated rings. The fourth-order valence-electron chi connectivity index (χ4n) is 2.83. The number of amides is 1. The van der Waals surface area contributed by atoms with Crippen molar-refractivity contribution in [3.8, 4) is 0 Å². The lowest BCUT2D eigenvalue weighted by atomic mass is 10.00. The van der Waals surface area contributed by atoms with Crippen LogP contribution < -0.4 is 11.1 Å². The molecule has 0 unspecified atom stereocenters. The van der Waals surface area contributed by atoms with Crippen molar-refractivity contribution in [3.63, 3.8) is 0 Å². The van der Waals surface area contributed by atoms with Gasteiger partial charge in [0, 0.05) is 26.1 Å². The lowest BCUT2D eigenvalue weighted by Gasteiger charge is -2.15. The van der Waals surface area contributed by atoms with Crippen LogP contribution in [0.25, 0.3) is 0 Å². The van der Waals surface area contributed by atoms with E-state index in [9.17, 15) is 4.79 Å². The van der Waals surface area contributed by atoms with E-state index in [2.05, 4.69) is 11.4 Å². The van der Waals surface area contributed by atoms with E-state index in [1.807, 2.05) is 18.2 Å². The Morgan fingerprint density at radius 2 is 2.20 bits per heavy atom. The second kappa shape index (κ2) is 7.41. The van der Waals surface area contributed by atoms with Crippen molar-refractivity contribution in [2.75, 3.05) is 7.11 Å². The van der Waals surface area contributed by atoms with Gasteiger partial charge in [0.2, 0.25) is 5.91 Å². The molecule has 2 rings (SSSR count). The number of carbonyl (C=O) groups excluding carboxylic acids is 1. The van der Waals surface area contributed by atoms with Gasteiger partial charge in [-0.2, -0.15) is 0 Å². The molecular weight excluding hydrogens is 252 g/mol. The summed E-state index contributed by atoms with van der Waals surface area (Å²) in [6.07, 6.45) is 3.84. The Labute approximate surface area is 120 Å². The Balaban J connectivity index is 1.79. The van der Waals surface area contributed by atoms with Crippen molar-refractivity contribution in [1.82, 2.24) is 5.32 Å². The SMILES string of the molecule is COCc1cccc(CNC(=O)C[C@@H]2CCC[C@H]2N)c1. The first-order valence-corrected chi connectivity index (χ1v) is 7.28. The van der Waals surface area contributed by atoms with Crippen LogP contribution in [0.4, 0.5) is 0 Å². The van der Waals surface area contributed by atoms with Crippen LogP contribution in [0.2, 0.25) is 0 Å². The maximum atomic E-state index is 11.9. The molecule has 0 aromatic heterocycles. The summed E-state index contributed by atoms with van der Waals surface area (Å²) in [5.41, 5.74) is 8.22. The van der Waals surface area contributed by atoms with E-state index in [-0.39, 0.29) is 11.9 Å². The smallest absolute Gasteiger partial charge is 0.220 e. The van der Waals surface area contributed by atoms with Crippen molar-refractivity contribution >= 4 is 5.91 Å². The Kier molecular flexibility index (Phi) is 5.56. The summed E-state index contributed by atoms with van der Waals surface area (Å²) in [6.45, 7) is 1.16. The van der Waals surface area contributed by atoms with Crippen molar-refractivity contribution < 1.29 is 9.53 Å². The Hall–Kier alpha value is -1.39. The van der Waals surface area contributed by atoms with Gasteiger partial charge in [0.1, 0.15) is 0 Å². The maximum Gasteiger partial charge on any atom is 0.220 e. The number of hydrogen-bond acceptors (Lipinski definition) is 3. The normalized spacial score (nSPS) is 21.9. The van der Waals surface area contributed by atoms with Crippen molar-refractivity contribution in [3.05, 3.63) is 35.4 Å². The molecule has 4 nitrogen and oxygen atoms in total. The molecule has 0 radical (unpaired) electrons. The summed E-state index contributed by atoms with van der Waals surface area (Å²) in [7, 11) is 1.68. The molecule has 1 aromatic carbocycles. The van der Waals surface area contributed by atoms with E-state index < -0.39 is 0 Å². The van der Waals surface area contributed by atoms with Crippen LogP contribution in [0.15, 0.2) is 24.3 Å². The van der Waals surface area contributed by atoms with Gasteiger partial charge in [-0.3, -0.25) is 4.79 Å². The molecule has 0 bridgehead atoms. The lowest BCUT2D eigenvalue weighted by Crippen LogP contribution is -2.31. The second-order valence-electron chi connectivity index (χ2n) is 5.59. The number of hydrogen-bond donors (Lipinski definition) is 2. The average molecular weight is 276 g/mol. The van der Waals surface area contributed by atoms with Gasteiger partial charge in [0.25, 0.3) is 0 Å². The molecule has 0 saturated heterocycles. The molecule has 0 heterocycles. The third kappa shape index (κ3) is 4.32. The number of nitrogens with two attached hydrogens (primary N) is 1. The molecule has 0 spiro atoms. The molecule has 110 valence electrons. The topological polar surface area (TPSA) is 64.3 Å². The first-order valence-electron chi connectivity index (χ1n) is 7.28. The zero-order chi connectivity index (χ0) is 14.4. The van der Waals surface area contributed by atoms with E-state index in [0.29, 0.717) is 25.5 Å². The van der Waals surface area contributed by atoms with Gasteiger partial charge in [0.15, 0.2) is 0 Å². The number of nitrogens with one attached hydrogen (secondary N) is 1. The molecular formula is C16H24N2O2. The standard InChI is InChI=1S/C16H24N2O2/c1-20-11-13-5-2-4-12(8-13)10-18-16(19)9-14-6-3-7-15(14)17/h2,4-5,8,14-15H,3,6-7,9-11,17H2,1H3,(H,18,19)/t14-,15+/m0/s1. The highest BCUT2D eigenvalue weighted by atomic mass is 16.5. The third-order valence-electron chi connectivity index (χ3n) is 3.96.